The van der Waals surface area contributed by atoms with Gasteiger partial charge in [0.1, 0.15) is 13.2 Å². The maximum absolute atomic E-state index is 4.80. The Hall–Kier alpha value is 0.620. The fraction of sp³-hybridized carbons (Fsp3) is 0.667. The molecular formula is C6H8Br2O2. The van der Waals surface area contributed by atoms with Crippen molar-refractivity contribution < 1.29 is 9.78 Å². The summed E-state index contributed by atoms with van der Waals surface area (Å²) in [4.78, 5) is 9.59. The van der Waals surface area contributed by atoms with Crippen LogP contribution >= 0.6 is 31.9 Å². The van der Waals surface area contributed by atoms with E-state index in [0.29, 0.717) is 13.2 Å². The first-order valence-electron chi connectivity index (χ1n) is 2.94. The molecule has 0 atom stereocenters. The normalized spacial score (nSPS) is 19.8. The molecule has 2 nitrogen and oxygen atoms in total. The average Bonchev–Trinajstić information content (AvgIpc) is 2.04. The number of alkyl halides is 2. The highest BCUT2D eigenvalue weighted by atomic mass is 79.9. The first-order chi connectivity index (χ1) is 4.88. The third-order valence-electron chi connectivity index (χ3n) is 1.37. The highest BCUT2D eigenvalue weighted by Gasteiger charge is 2.11. The Morgan fingerprint density at radius 2 is 1.40 bits per heavy atom. The Labute approximate surface area is 76.8 Å². The van der Waals surface area contributed by atoms with Crippen LogP contribution in [0.4, 0.5) is 0 Å². The van der Waals surface area contributed by atoms with Gasteiger partial charge in [0.2, 0.25) is 0 Å². The molecule has 0 radical (unpaired) electrons. The third kappa shape index (κ3) is 2.05. The van der Waals surface area contributed by atoms with Gasteiger partial charge >= 0.3 is 0 Å². The zero-order valence-electron chi connectivity index (χ0n) is 5.40. The first kappa shape index (κ1) is 8.71. The van der Waals surface area contributed by atoms with Crippen molar-refractivity contribution in [3.05, 3.63) is 11.1 Å². The lowest BCUT2D eigenvalue weighted by Gasteiger charge is -2.16. The summed E-state index contributed by atoms with van der Waals surface area (Å²) < 4.78 is 0. The van der Waals surface area contributed by atoms with Crippen LogP contribution in [-0.2, 0) is 9.78 Å². The molecule has 0 amide bonds. The second-order valence-corrected chi connectivity index (χ2v) is 3.12. The zero-order valence-corrected chi connectivity index (χ0v) is 8.57. The molecule has 0 fully saturated rings. The molecule has 1 aliphatic rings. The Bertz CT molecular complexity index is 129. The van der Waals surface area contributed by atoms with E-state index in [1.807, 2.05) is 0 Å². The van der Waals surface area contributed by atoms with Gasteiger partial charge in [0.15, 0.2) is 0 Å². The van der Waals surface area contributed by atoms with Gasteiger partial charge in [-0.1, -0.05) is 31.9 Å². The molecule has 0 bridgehead atoms. The molecule has 10 heavy (non-hydrogen) atoms. The lowest BCUT2D eigenvalue weighted by atomic mass is 10.2. The van der Waals surface area contributed by atoms with Gasteiger partial charge in [0.05, 0.1) is 0 Å². The molecule has 0 N–H and O–H groups in total. The number of hydrogen-bond acceptors (Lipinski definition) is 2. The largest absolute Gasteiger partial charge is 0.232 e. The predicted molar refractivity (Wildman–Crippen MR) is 46.5 cm³/mol. The van der Waals surface area contributed by atoms with Crippen LogP contribution in [0.25, 0.3) is 0 Å². The molecule has 0 spiro atoms. The van der Waals surface area contributed by atoms with E-state index in [0.717, 1.165) is 10.7 Å². The van der Waals surface area contributed by atoms with Crippen LogP contribution in [-0.4, -0.2) is 23.9 Å². The standard InChI is InChI=1S/C6H8Br2O2/c7-1-5-3-9-10-4-6(5)2-8/h1-4H2. The van der Waals surface area contributed by atoms with Crippen molar-refractivity contribution in [2.24, 2.45) is 0 Å². The Kier molecular flexibility index (Phi) is 3.91. The Balaban J connectivity index is 2.63. The minimum atomic E-state index is 0.589. The Morgan fingerprint density at radius 1 is 1.00 bits per heavy atom. The topological polar surface area (TPSA) is 18.5 Å². The molecule has 58 valence electrons. The van der Waals surface area contributed by atoms with Crippen LogP contribution < -0.4 is 0 Å². The van der Waals surface area contributed by atoms with Gasteiger partial charge in [-0.2, -0.15) is 0 Å². The zero-order chi connectivity index (χ0) is 7.40. The maximum Gasteiger partial charge on any atom is 0.104 e. The van der Waals surface area contributed by atoms with Gasteiger partial charge < -0.3 is 0 Å². The van der Waals surface area contributed by atoms with Crippen molar-refractivity contribution >= 4 is 31.9 Å². The summed E-state index contributed by atoms with van der Waals surface area (Å²) >= 11 is 6.76. The van der Waals surface area contributed by atoms with Crippen LogP contribution in [0, 0.1) is 0 Å². The van der Waals surface area contributed by atoms with Gasteiger partial charge in [-0.25, -0.2) is 9.78 Å². The number of hydrogen-bond donors (Lipinski definition) is 0. The minimum Gasteiger partial charge on any atom is -0.232 e. The van der Waals surface area contributed by atoms with Gasteiger partial charge in [-0.3, -0.25) is 0 Å². The van der Waals surface area contributed by atoms with Crippen LogP contribution in [0.5, 0.6) is 0 Å². The van der Waals surface area contributed by atoms with Crippen LogP contribution in [0.3, 0.4) is 0 Å². The second kappa shape index (κ2) is 4.49. The van der Waals surface area contributed by atoms with Crippen molar-refractivity contribution in [1.29, 1.82) is 0 Å². The maximum atomic E-state index is 4.80. The third-order valence-corrected chi connectivity index (χ3v) is 2.73. The summed E-state index contributed by atoms with van der Waals surface area (Å²) in [6.07, 6.45) is 0. The van der Waals surface area contributed by atoms with E-state index in [9.17, 15) is 0 Å². The summed E-state index contributed by atoms with van der Waals surface area (Å²) in [5, 5.41) is 1.74. The van der Waals surface area contributed by atoms with Crippen LogP contribution in [0.2, 0.25) is 0 Å². The molecule has 0 aromatic rings. The first-order valence-corrected chi connectivity index (χ1v) is 5.19. The lowest BCUT2D eigenvalue weighted by Crippen LogP contribution is -2.15. The van der Waals surface area contributed by atoms with Gasteiger partial charge in [0.25, 0.3) is 0 Å². The van der Waals surface area contributed by atoms with Crippen molar-refractivity contribution in [3.63, 3.8) is 0 Å². The average molecular weight is 272 g/mol. The lowest BCUT2D eigenvalue weighted by molar-refractivity contribution is -0.288. The van der Waals surface area contributed by atoms with E-state index in [1.165, 1.54) is 11.1 Å². The molecule has 0 aromatic carbocycles. The van der Waals surface area contributed by atoms with Gasteiger partial charge in [0, 0.05) is 10.7 Å². The van der Waals surface area contributed by atoms with Crippen LogP contribution in [0.15, 0.2) is 11.1 Å². The van der Waals surface area contributed by atoms with E-state index in [4.69, 9.17) is 9.78 Å². The molecule has 1 heterocycles. The van der Waals surface area contributed by atoms with E-state index >= 15 is 0 Å². The van der Waals surface area contributed by atoms with Crippen molar-refractivity contribution in [2.45, 2.75) is 0 Å². The summed E-state index contributed by atoms with van der Waals surface area (Å²) in [5.41, 5.74) is 2.56. The van der Waals surface area contributed by atoms with Crippen LogP contribution in [0.1, 0.15) is 0 Å². The fourth-order valence-corrected chi connectivity index (χ4v) is 1.81. The minimum absolute atomic E-state index is 0.589. The van der Waals surface area contributed by atoms with E-state index in [1.54, 1.807) is 0 Å². The van der Waals surface area contributed by atoms with E-state index < -0.39 is 0 Å². The summed E-state index contributed by atoms with van der Waals surface area (Å²) in [5.74, 6) is 0. The van der Waals surface area contributed by atoms with Gasteiger partial charge in [-0.05, 0) is 11.1 Å². The summed E-state index contributed by atoms with van der Waals surface area (Å²) in [7, 11) is 0. The van der Waals surface area contributed by atoms with E-state index in [-0.39, 0.29) is 0 Å². The molecule has 0 aromatic heterocycles. The number of halogens is 2. The monoisotopic (exact) mass is 270 g/mol. The molecule has 1 rings (SSSR count). The molecule has 0 unspecified atom stereocenters. The molecule has 0 saturated heterocycles. The highest BCUT2D eigenvalue weighted by molar-refractivity contribution is 9.09. The summed E-state index contributed by atoms with van der Waals surface area (Å²) in [6.45, 7) is 1.18. The smallest absolute Gasteiger partial charge is 0.104 e. The van der Waals surface area contributed by atoms with Crippen molar-refractivity contribution in [2.75, 3.05) is 23.9 Å². The molecule has 0 aliphatic carbocycles. The number of rotatable bonds is 2. The second-order valence-electron chi connectivity index (χ2n) is 2.00. The van der Waals surface area contributed by atoms with Crippen molar-refractivity contribution in [1.82, 2.24) is 0 Å². The molecule has 4 heteroatoms. The van der Waals surface area contributed by atoms with Crippen molar-refractivity contribution in [3.8, 4) is 0 Å². The molecule has 1 aliphatic heterocycles. The van der Waals surface area contributed by atoms with Gasteiger partial charge in [-0.15, -0.1) is 0 Å². The fourth-order valence-electron chi connectivity index (χ4n) is 0.696. The summed E-state index contributed by atoms with van der Waals surface area (Å²) in [6, 6.07) is 0. The van der Waals surface area contributed by atoms with E-state index in [2.05, 4.69) is 31.9 Å². The molecule has 0 saturated carbocycles. The molecular weight excluding hydrogens is 264 g/mol. The SMILES string of the molecule is BrCC1=C(CBr)COOC1. The quantitative estimate of drug-likeness (QED) is 0.435. The predicted octanol–water partition coefficient (Wildman–Crippen LogP) is 2.03. The Morgan fingerprint density at radius 3 is 1.70 bits per heavy atom. The highest BCUT2D eigenvalue weighted by Crippen LogP contribution is 2.15.